The minimum Gasteiger partial charge on any atom is -0.444 e. The average Bonchev–Trinajstić information content (AvgIpc) is 3.08. The molecule has 106 valence electrons. The van der Waals surface area contributed by atoms with Crippen LogP contribution < -0.4 is 5.32 Å². The van der Waals surface area contributed by atoms with Crippen LogP contribution in [0.2, 0.25) is 5.02 Å². The van der Waals surface area contributed by atoms with E-state index in [0.29, 0.717) is 14.8 Å². The maximum atomic E-state index is 12.0. The summed E-state index contributed by atoms with van der Waals surface area (Å²) in [5.74, 6) is -0.128. The van der Waals surface area contributed by atoms with Crippen LogP contribution in [-0.4, -0.2) is 10.9 Å². The first-order valence-electron chi connectivity index (χ1n) is 5.90. The molecule has 21 heavy (non-hydrogen) atoms. The standard InChI is InChI=1S/C14H8BrClN2O2S/c15-12-6-5-11(20-12)13(19)18-14-17-10(7-21-14)8-3-1-2-4-9(8)16/h1-7H,(H,17,18,19). The van der Waals surface area contributed by atoms with E-state index in [1.807, 2.05) is 23.6 Å². The first-order chi connectivity index (χ1) is 10.1. The van der Waals surface area contributed by atoms with Gasteiger partial charge in [-0.25, -0.2) is 4.98 Å². The zero-order valence-corrected chi connectivity index (χ0v) is 13.6. The second kappa shape index (κ2) is 6.01. The van der Waals surface area contributed by atoms with Crippen LogP contribution in [0.25, 0.3) is 11.3 Å². The fourth-order valence-electron chi connectivity index (χ4n) is 1.72. The van der Waals surface area contributed by atoms with Gasteiger partial charge in [0.2, 0.25) is 0 Å². The monoisotopic (exact) mass is 382 g/mol. The molecular formula is C14H8BrClN2O2S. The lowest BCUT2D eigenvalue weighted by Crippen LogP contribution is -2.10. The third-order valence-corrected chi connectivity index (χ3v) is 4.18. The van der Waals surface area contributed by atoms with E-state index in [4.69, 9.17) is 16.0 Å². The molecule has 0 aliphatic carbocycles. The number of nitrogens with zero attached hydrogens (tertiary/aromatic N) is 1. The van der Waals surface area contributed by atoms with Crippen molar-refractivity contribution in [3.8, 4) is 11.3 Å². The zero-order chi connectivity index (χ0) is 14.8. The molecule has 7 heteroatoms. The molecule has 2 aromatic heterocycles. The number of amides is 1. The lowest BCUT2D eigenvalue weighted by atomic mass is 10.2. The van der Waals surface area contributed by atoms with Crippen LogP contribution in [0, 0.1) is 0 Å². The number of furan rings is 1. The summed E-state index contributed by atoms with van der Waals surface area (Å²) < 4.78 is 5.69. The third kappa shape index (κ3) is 3.18. The van der Waals surface area contributed by atoms with Crippen LogP contribution in [-0.2, 0) is 0 Å². The summed E-state index contributed by atoms with van der Waals surface area (Å²) in [4.78, 5) is 16.3. The predicted molar refractivity (Wildman–Crippen MR) is 86.9 cm³/mol. The highest BCUT2D eigenvalue weighted by Gasteiger charge is 2.14. The maximum absolute atomic E-state index is 12.0. The Bertz CT molecular complexity index is 800. The van der Waals surface area contributed by atoms with Crippen molar-refractivity contribution in [1.29, 1.82) is 0 Å². The van der Waals surface area contributed by atoms with Crippen molar-refractivity contribution < 1.29 is 9.21 Å². The molecule has 3 rings (SSSR count). The molecule has 0 bridgehead atoms. The molecule has 0 aliphatic rings. The molecule has 3 aromatic rings. The number of carbonyl (C=O) groups excluding carboxylic acids is 1. The molecule has 1 N–H and O–H groups in total. The molecule has 0 aliphatic heterocycles. The number of hydrogen-bond donors (Lipinski definition) is 1. The lowest BCUT2D eigenvalue weighted by molar-refractivity contribution is 0.0995. The summed E-state index contributed by atoms with van der Waals surface area (Å²) in [7, 11) is 0. The molecular weight excluding hydrogens is 376 g/mol. The smallest absolute Gasteiger partial charge is 0.293 e. The Labute approximate surface area is 137 Å². The van der Waals surface area contributed by atoms with Crippen LogP contribution >= 0.6 is 38.9 Å². The fourth-order valence-corrected chi connectivity index (χ4v) is 2.96. The van der Waals surface area contributed by atoms with E-state index in [9.17, 15) is 4.79 Å². The van der Waals surface area contributed by atoms with Crippen molar-refractivity contribution in [3.05, 3.63) is 57.2 Å². The molecule has 0 fully saturated rings. The molecule has 1 aromatic carbocycles. The maximum Gasteiger partial charge on any atom is 0.293 e. The second-order valence-electron chi connectivity index (χ2n) is 4.08. The second-order valence-corrected chi connectivity index (χ2v) is 6.12. The van der Waals surface area contributed by atoms with Gasteiger partial charge in [0.15, 0.2) is 15.6 Å². The largest absolute Gasteiger partial charge is 0.444 e. The number of benzene rings is 1. The summed E-state index contributed by atoms with van der Waals surface area (Å²) in [6, 6.07) is 10.7. The van der Waals surface area contributed by atoms with E-state index < -0.39 is 0 Å². The van der Waals surface area contributed by atoms with Crippen molar-refractivity contribution >= 4 is 49.9 Å². The summed E-state index contributed by atoms with van der Waals surface area (Å²) in [5, 5.41) is 5.64. The van der Waals surface area contributed by atoms with Crippen LogP contribution in [0.1, 0.15) is 10.6 Å². The van der Waals surface area contributed by atoms with Gasteiger partial charge in [-0.1, -0.05) is 29.8 Å². The number of anilines is 1. The molecule has 0 saturated carbocycles. The average molecular weight is 384 g/mol. The number of rotatable bonds is 3. The molecule has 0 radical (unpaired) electrons. The quantitative estimate of drug-likeness (QED) is 0.687. The van der Waals surface area contributed by atoms with E-state index in [0.717, 1.165) is 11.3 Å². The first kappa shape index (κ1) is 14.3. The fraction of sp³-hybridized carbons (Fsp3) is 0. The van der Waals surface area contributed by atoms with Gasteiger partial charge >= 0.3 is 0 Å². The Morgan fingerprint density at radius 2 is 2.10 bits per heavy atom. The molecule has 1 amide bonds. The number of hydrogen-bond acceptors (Lipinski definition) is 4. The summed E-state index contributed by atoms with van der Waals surface area (Å²) in [6.45, 7) is 0. The summed E-state index contributed by atoms with van der Waals surface area (Å²) in [6.07, 6.45) is 0. The number of thiazole rings is 1. The van der Waals surface area contributed by atoms with Gasteiger partial charge in [-0.05, 0) is 34.1 Å². The van der Waals surface area contributed by atoms with E-state index >= 15 is 0 Å². The lowest BCUT2D eigenvalue weighted by Gasteiger charge is -2.00. The Balaban J connectivity index is 1.80. The Kier molecular flexibility index (Phi) is 4.10. The van der Waals surface area contributed by atoms with E-state index in [1.165, 1.54) is 11.3 Å². The van der Waals surface area contributed by atoms with Crippen LogP contribution in [0.4, 0.5) is 5.13 Å². The molecule has 0 atom stereocenters. The summed E-state index contributed by atoms with van der Waals surface area (Å²) >= 11 is 10.6. The molecule has 2 heterocycles. The van der Waals surface area contributed by atoms with Gasteiger partial charge < -0.3 is 4.42 Å². The Morgan fingerprint density at radius 3 is 2.81 bits per heavy atom. The number of halogens is 2. The van der Waals surface area contributed by atoms with Gasteiger partial charge in [0.1, 0.15) is 0 Å². The van der Waals surface area contributed by atoms with E-state index in [2.05, 4.69) is 26.2 Å². The number of nitrogens with one attached hydrogen (secondary N) is 1. The van der Waals surface area contributed by atoms with Gasteiger partial charge in [-0.15, -0.1) is 11.3 Å². The Hall–Kier alpha value is -1.63. The predicted octanol–water partition coefficient (Wildman–Crippen LogP) is 5.07. The molecule has 4 nitrogen and oxygen atoms in total. The number of carbonyl (C=O) groups is 1. The van der Waals surface area contributed by atoms with Crippen LogP contribution in [0.3, 0.4) is 0 Å². The minimum atomic E-state index is -0.347. The van der Waals surface area contributed by atoms with Gasteiger partial charge in [-0.2, -0.15) is 0 Å². The zero-order valence-electron chi connectivity index (χ0n) is 10.5. The van der Waals surface area contributed by atoms with Crippen molar-refractivity contribution in [2.45, 2.75) is 0 Å². The van der Waals surface area contributed by atoms with E-state index in [1.54, 1.807) is 18.2 Å². The molecule has 0 spiro atoms. The third-order valence-electron chi connectivity index (χ3n) is 2.67. The SMILES string of the molecule is O=C(Nc1nc(-c2ccccc2Cl)cs1)c1ccc(Br)o1. The first-order valence-corrected chi connectivity index (χ1v) is 7.95. The topological polar surface area (TPSA) is 55.1 Å². The number of aromatic nitrogens is 1. The minimum absolute atomic E-state index is 0.219. The highest BCUT2D eigenvalue weighted by Crippen LogP contribution is 2.30. The summed E-state index contributed by atoms with van der Waals surface area (Å²) in [5.41, 5.74) is 1.55. The normalized spacial score (nSPS) is 10.6. The molecule has 0 saturated heterocycles. The Morgan fingerprint density at radius 1 is 1.29 bits per heavy atom. The van der Waals surface area contributed by atoms with Crippen molar-refractivity contribution in [2.75, 3.05) is 5.32 Å². The highest BCUT2D eigenvalue weighted by atomic mass is 79.9. The van der Waals surface area contributed by atoms with E-state index in [-0.39, 0.29) is 11.7 Å². The van der Waals surface area contributed by atoms with Gasteiger partial charge in [0.05, 0.1) is 5.69 Å². The van der Waals surface area contributed by atoms with Crippen molar-refractivity contribution in [2.24, 2.45) is 0 Å². The van der Waals surface area contributed by atoms with Crippen molar-refractivity contribution in [3.63, 3.8) is 0 Å². The molecule has 0 unspecified atom stereocenters. The van der Waals surface area contributed by atoms with Gasteiger partial charge in [0.25, 0.3) is 5.91 Å². The highest BCUT2D eigenvalue weighted by molar-refractivity contribution is 9.10. The van der Waals surface area contributed by atoms with Crippen LogP contribution in [0.15, 0.2) is 50.9 Å². The van der Waals surface area contributed by atoms with Gasteiger partial charge in [-0.3, -0.25) is 10.1 Å². The van der Waals surface area contributed by atoms with Crippen molar-refractivity contribution in [1.82, 2.24) is 4.98 Å². The van der Waals surface area contributed by atoms with Crippen LogP contribution in [0.5, 0.6) is 0 Å². The van der Waals surface area contributed by atoms with Gasteiger partial charge in [0, 0.05) is 16.0 Å².